The molecule has 59 heavy (non-hydrogen) atoms. The van der Waals surface area contributed by atoms with E-state index >= 15 is 0 Å². The number of hydrogen-bond donors (Lipinski definition) is 3. The van der Waals surface area contributed by atoms with Gasteiger partial charge < -0.3 is 20.3 Å². The fourth-order valence-electron chi connectivity index (χ4n) is 7.15. The summed E-state index contributed by atoms with van der Waals surface area (Å²) in [6, 6.07) is -0.740. The molecule has 0 rings (SSSR count). The van der Waals surface area contributed by atoms with E-state index in [9.17, 15) is 19.8 Å². The summed E-state index contributed by atoms with van der Waals surface area (Å²) >= 11 is 0. The van der Waals surface area contributed by atoms with Gasteiger partial charge in [-0.25, -0.2) is 0 Å². The molecule has 0 radical (unpaired) electrons. The van der Waals surface area contributed by atoms with E-state index < -0.39 is 18.2 Å². The van der Waals surface area contributed by atoms with Gasteiger partial charge in [-0.05, 0) is 44.9 Å². The van der Waals surface area contributed by atoms with Crippen LogP contribution in [0.5, 0.6) is 0 Å². The first kappa shape index (κ1) is 56.3. The van der Waals surface area contributed by atoms with Gasteiger partial charge in [-0.15, -0.1) is 0 Å². The number of ether oxygens (including phenoxy) is 1. The van der Waals surface area contributed by atoms with Crippen molar-refractivity contribution in [3.63, 3.8) is 0 Å². The van der Waals surface area contributed by atoms with Gasteiger partial charge in [0.2, 0.25) is 5.91 Å². The molecule has 0 aromatic rings. The number of allylic oxidation sites excluding steroid dienone is 11. The predicted octanol–water partition coefficient (Wildman–Crippen LogP) is 14.6. The molecule has 0 heterocycles. The highest BCUT2D eigenvalue weighted by Crippen LogP contribution is 2.16. The van der Waals surface area contributed by atoms with Crippen LogP contribution >= 0.6 is 0 Å². The summed E-state index contributed by atoms with van der Waals surface area (Å²) in [6.45, 7) is 6.27. The molecule has 1 amide bonds. The molecule has 0 aliphatic rings. The Morgan fingerprint density at radius 2 is 0.949 bits per heavy atom. The maximum Gasteiger partial charge on any atom is 0.306 e. The second kappa shape index (κ2) is 46.4. The fraction of sp³-hybridized carbons (Fsp3) is 0.736. The molecule has 0 aliphatic heterocycles. The third kappa shape index (κ3) is 41.8. The smallest absolute Gasteiger partial charge is 0.306 e. The summed E-state index contributed by atoms with van der Waals surface area (Å²) in [5, 5.41) is 23.6. The molecule has 0 aromatic heterocycles. The van der Waals surface area contributed by atoms with Crippen LogP contribution in [0, 0.1) is 0 Å². The van der Waals surface area contributed by atoms with Crippen molar-refractivity contribution < 1.29 is 24.5 Å². The third-order valence-electron chi connectivity index (χ3n) is 10.9. The van der Waals surface area contributed by atoms with Crippen LogP contribution in [0.15, 0.2) is 72.9 Å². The quantitative estimate of drug-likeness (QED) is 0.0246. The zero-order valence-electron chi connectivity index (χ0n) is 38.6. The van der Waals surface area contributed by atoms with E-state index in [-0.39, 0.29) is 24.9 Å². The lowest BCUT2D eigenvalue weighted by Crippen LogP contribution is -2.46. The van der Waals surface area contributed by atoms with E-state index in [4.69, 9.17) is 4.74 Å². The number of esters is 1. The van der Waals surface area contributed by atoms with E-state index in [1.165, 1.54) is 135 Å². The van der Waals surface area contributed by atoms with Crippen molar-refractivity contribution in [2.75, 3.05) is 6.61 Å². The van der Waals surface area contributed by atoms with Crippen molar-refractivity contribution in [1.82, 2.24) is 5.32 Å². The lowest BCUT2D eigenvalue weighted by atomic mass is 10.0. The first-order chi connectivity index (χ1) is 29.0. The second-order valence-corrected chi connectivity index (χ2v) is 16.6. The fourth-order valence-corrected chi connectivity index (χ4v) is 7.15. The van der Waals surface area contributed by atoms with Crippen LogP contribution in [-0.2, 0) is 14.3 Å². The first-order valence-electron chi connectivity index (χ1n) is 24.7. The van der Waals surface area contributed by atoms with Crippen LogP contribution < -0.4 is 5.32 Å². The largest absolute Gasteiger partial charge is 0.461 e. The molecular weight excluding hydrogens is 731 g/mol. The van der Waals surface area contributed by atoms with Crippen molar-refractivity contribution in [3.05, 3.63) is 72.9 Å². The van der Waals surface area contributed by atoms with E-state index in [0.29, 0.717) is 19.3 Å². The van der Waals surface area contributed by atoms with Gasteiger partial charge in [0, 0.05) is 12.8 Å². The molecule has 0 bridgehead atoms. The number of amides is 1. The molecule has 0 aliphatic carbocycles. The monoisotopic (exact) mass is 824 g/mol. The van der Waals surface area contributed by atoms with Crippen molar-refractivity contribution in [3.8, 4) is 0 Å². The summed E-state index contributed by atoms with van der Waals surface area (Å²) in [5.41, 5.74) is 0. The van der Waals surface area contributed by atoms with Gasteiger partial charge in [0.25, 0.3) is 0 Å². The van der Waals surface area contributed by atoms with E-state index in [2.05, 4.69) is 44.3 Å². The highest BCUT2D eigenvalue weighted by molar-refractivity contribution is 5.77. The molecule has 0 saturated carbocycles. The third-order valence-corrected chi connectivity index (χ3v) is 10.9. The Hall–Kier alpha value is -2.70. The number of nitrogens with one attached hydrogen (secondary N) is 1. The van der Waals surface area contributed by atoms with Crippen LogP contribution in [0.3, 0.4) is 0 Å². The standard InChI is InChI=1S/C53H93NO5/c1-4-7-10-13-16-19-22-23-24-25-26-27-28-29-31-34-37-40-43-46-53(58)59-49(44-41-38-35-32-30-20-17-14-11-8-5-2)47-52(57)54-50(48-55)51(56)45-42-39-36-33-21-18-15-12-9-6-3/h8,11,14,17,20,23-24,30,32,35,38,41,49-51,55-56H,4-7,9-10,12-13,15-16,18-19,21-22,25-29,31,33-34,36-37,39-40,42-48H2,1-3H3,(H,54,57)/b11-8+,17-14+,24-23+,30-20-,35-32-,41-38+. The molecule has 6 heteroatoms. The minimum Gasteiger partial charge on any atom is -0.461 e. The van der Waals surface area contributed by atoms with E-state index in [1.54, 1.807) is 0 Å². The summed E-state index contributed by atoms with van der Waals surface area (Å²) in [7, 11) is 0. The Morgan fingerprint density at radius 1 is 0.525 bits per heavy atom. The van der Waals surface area contributed by atoms with Gasteiger partial charge in [0.05, 0.1) is 25.2 Å². The van der Waals surface area contributed by atoms with Crippen molar-refractivity contribution >= 4 is 11.9 Å². The number of unbranched alkanes of at least 4 members (excludes halogenated alkanes) is 24. The normalized spacial score (nSPS) is 13.9. The molecule has 0 spiro atoms. The maximum atomic E-state index is 13.1. The van der Waals surface area contributed by atoms with Gasteiger partial charge in [-0.2, -0.15) is 0 Å². The van der Waals surface area contributed by atoms with Crippen molar-refractivity contribution in [2.24, 2.45) is 0 Å². The number of rotatable bonds is 43. The summed E-state index contributed by atoms with van der Waals surface area (Å²) in [5.74, 6) is -0.612. The van der Waals surface area contributed by atoms with E-state index in [0.717, 1.165) is 44.9 Å². The molecule has 3 atom stereocenters. The first-order valence-corrected chi connectivity index (χ1v) is 24.7. The Balaban J connectivity index is 4.60. The minimum absolute atomic E-state index is 0.0211. The lowest BCUT2D eigenvalue weighted by molar-refractivity contribution is -0.150. The zero-order chi connectivity index (χ0) is 43.1. The summed E-state index contributed by atoms with van der Waals surface area (Å²) < 4.78 is 5.83. The molecule has 3 unspecified atom stereocenters. The summed E-state index contributed by atoms with van der Waals surface area (Å²) in [4.78, 5) is 26.0. The Labute approximate surface area is 364 Å². The average molecular weight is 824 g/mol. The minimum atomic E-state index is -0.818. The van der Waals surface area contributed by atoms with E-state index in [1.807, 2.05) is 54.7 Å². The number of carbonyl (C=O) groups excluding carboxylic acids is 2. The molecular formula is C53H93NO5. The molecule has 6 nitrogen and oxygen atoms in total. The number of aliphatic hydroxyl groups excluding tert-OH is 2. The van der Waals surface area contributed by atoms with Crippen molar-refractivity contribution in [1.29, 1.82) is 0 Å². The average Bonchev–Trinajstić information content (AvgIpc) is 3.23. The van der Waals surface area contributed by atoms with Gasteiger partial charge in [-0.1, -0.05) is 235 Å². The SMILES string of the molecule is CC/C=C/C=C/C=C\C=C/C=C/CC(CC(=O)NC(CO)C(O)CCCCCCCCCCCC)OC(=O)CCCCCCCCCCC/C=C/CCCCCCCC. The van der Waals surface area contributed by atoms with Crippen LogP contribution in [0.4, 0.5) is 0 Å². The number of carbonyl (C=O) groups is 2. The van der Waals surface area contributed by atoms with Gasteiger partial charge in [0.15, 0.2) is 0 Å². The molecule has 0 saturated heterocycles. The lowest BCUT2D eigenvalue weighted by Gasteiger charge is -2.24. The highest BCUT2D eigenvalue weighted by atomic mass is 16.5. The van der Waals surface area contributed by atoms with Gasteiger partial charge >= 0.3 is 5.97 Å². The Morgan fingerprint density at radius 3 is 1.42 bits per heavy atom. The van der Waals surface area contributed by atoms with Crippen LogP contribution in [0.1, 0.15) is 226 Å². The Bertz CT molecular complexity index is 1110. The molecule has 3 N–H and O–H groups in total. The van der Waals surface area contributed by atoms with Crippen LogP contribution in [0.25, 0.3) is 0 Å². The van der Waals surface area contributed by atoms with Crippen LogP contribution in [0.2, 0.25) is 0 Å². The molecule has 340 valence electrons. The topological polar surface area (TPSA) is 95.9 Å². The molecule has 0 fully saturated rings. The maximum absolute atomic E-state index is 13.1. The number of hydrogen-bond acceptors (Lipinski definition) is 5. The number of aliphatic hydroxyl groups is 2. The zero-order valence-corrected chi connectivity index (χ0v) is 38.6. The van der Waals surface area contributed by atoms with Crippen molar-refractivity contribution in [2.45, 2.75) is 244 Å². The second-order valence-electron chi connectivity index (χ2n) is 16.6. The predicted molar refractivity (Wildman–Crippen MR) is 255 cm³/mol. The Kier molecular flexibility index (Phi) is 44.2. The highest BCUT2D eigenvalue weighted by Gasteiger charge is 2.23. The van der Waals surface area contributed by atoms with Crippen LogP contribution in [-0.4, -0.2) is 46.9 Å². The van der Waals surface area contributed by atoms with Gasteiger partial charge in [0.1, 0.15) is 6.10 Å². The molecule has 0 aromatic carbocycles. The summed E-state index contributed by atoms with van der Waals surface area (Å²) in [6.07, 6.45) is 58.5. The van der Waals surface area contributed by atoms with Gasteiger partial charge in [-0.3, -0.25) is 9.59 Å².